The van der Waals surface area contributed by atoms with Crippen LogP contribution >= 0.6 is 0 Å². The van der Waals surface area contributed by atoms with Crippen LogP contribution in [0, 0.1) is 0 Å². The lowest BCUT2D eigenvalue weighted by molar-refractivity contribution is -0.126. The Morgan fingerprint density at radius 3 is 2.39 bits per heavy atom. The molecule has 0 aromatic carbocycles. The van der Waals surface area contributed by atoms with Crippen molar-refractivity contribution < 1.29 is 24.6 Å². The van der Waals surface area contributed by atoms with E-state index < -0.39 is 30.7 Å². The van der Waals surface area contributed by atoms with Gasteiger partial charge < -0.3 is 15.9 Å². The lowest BCUT2D eigenvalue weighted by Gasteiger charge is -2.35. The fourth-order valence-electron chi connectivity index (χ4n) is 2.10. The van der Waals surface area contributed by atoms with Crippen LogP contribution in [-0.4, -0.2) is 57.1 Å². The molecule has 0 atom stereocenters. The van der Waals surface area contributed by atoms with Gasteiger partial charge in [-0.15, -0.1) is 0 Å². The summed E-state index contributed by atoms with van der Waals surface area (Å²) in [6, 6.07) is 3.87. The normalized spacial score (nSPS) is 11.4. The fraction of sp³-hybridized carbons (Fsp3) is 0.333. The molecule has 3 amide bonds. The van der Waals surface area contributed by atoms with Crippen molar-refractivity contribution in [2.45, 2.75) is 18.4 Å². The van der Waals surface area contributed by atoms with E-state index in [0.717, 1.165) is 6.08 Å². The van der Waals surface area contributed by atoms with E-state index in [-0.39, 0.29) is 12.8 Å². The number of aliphatic hydroxyl groups excluding tert-OH is 2. The number of nitrogens with two attached hydrogens (primary N) is 1. The Kier molecular flexibility index (Phi) is 7.04. The number of hydrogen-bond donors (Lipinski definition) is 3. The van der Waals surface area contributed by atoms with Crippen molar-refractivity contribution in [2.75, 3.05) is 13.2 Å². The number of rotatable bonds is 8. The maximum atomic E-state index is 12.3. The number of aliphatic hydroxyl groups is 2. The molecule has 8 nitrogen and oxygen atoms in total. The number of imide groups is 1. The minimum atomic E-state index is -1.82. The molecule has 0 spiro atoms. The molecule has 0 fully saturated rings. The molecule has 1 rings (SSSR count). The summed E-state index contributed by atoms with van der Waals surface area (Å²) in [6.07, 6.45) is 4.93. The average Bonchev–Trinajstić information content (AvgIpc) is 2.54. The highest BCUT2D eigenvalue weighted by Gasteiger charge is 2.42. The lowest BCUT2D eigenvalue weighted by atomic mass is 9.91. The Labute approximate surface area is 133 Å². The Hall–Kier alpha value is -2.58. The molecule has 0 unspecified atom stereocenters. The zero-order valence-electron chi connectivity index (χ0n) is 12.4. The van der Waals surface area contributed by atoms with Crippen molar-refractivity contribution in [3.63, 3.8) is 0 Å². The van der Waals surface area contributed by atoms with Gasteiger partial charge in [-0.2, -0.15) is 0 Å². The molecule has 23 heavy (non-hydrogen) atoms. The quantitative estimate of drug-likeness (QED) is 0.559. The van der Waals surface area contributed by atoms with Gasteiger partial charge in [-0.3, -0.25) is 14.6 Å². The Morgan fingerprint density at radius 2 is 1.96 bits per heavy atom. The van der Waals surface area contributed by atoms with Gasteiger partial charge in [-0.25, -0.2) is 9.69 Å². The first-order chi connectivity index (χ1) is 11.0. The molecule has 1 aromatic heterocycles. The van der Waals surface area contributed by atoms with Crippen LogP contribution in [0.3, 0.4) is 0 Å². The van der Waals surface area contributed by atoms with Crippen LogP contribution in [0.5, 0.6) is 0 Å². The van der Waals surface area contributed by atoms with E-state index in [9.17, 15) is 14.4 Å². The number of carbonyl (C=O) groups is 2. The van der Waals surface area contributed by atoms with E-state index in [1.807, 2.05) is 0 Å². The molecular weight excluding hydrogens is 302 g/mol. The number of primary amides is 1. The molecule has 0 saturated carbocycles. The Morgan fingerprint density at radius 1 is 1.30 bits per heavy atom. The lowest BCUT2D eigenvalue weighted by Crippen LogP contribution is -2.58. The SMILES string of the molecule is NC(=O)N(C(=O)C=Cc1ccccn1)C([C]=O)(CCO)CCO. The summed E-state index contributed by atoms with van der Waals surface area (Å²) in [5, 5.41) is 18.2. The van der Waals surface area contributed by atoms with Crippen LogP contribution in [-0.2, 0) is 9.59 Å². The number of urea groups is 1. The second kappa shape index (κ2) is 8.76. The van der Waals surface area contributed by atoms with Crippen LogP contribution in [0.1, 0.15) is 18.5 Å². The van der Waals surface area contributed by atoms with Crippen LogP contribution < -0.4 is 5.73 Å². The van der Waals surface area contributed by atoms with E-state index >= 15 is 0 Å². The number of nitrogens with zero attached hydrogens (tertiary/aromatic N) is 2. The third-order valence-corrected chi connectivity index (χ3v) is 3.19. The van der Waals surface area contributed by atoms with Gasteiger partial charge in [0.1, 0.15) is 5.54 Å². The minimum Gasteiger partial charge on any atom is -0.396 e. The molecule has 0 aliphatic carbocycles. The van der Waals surface area contributed by atoms with Crippen LogP contribution in [0.4, 0.5) is 4.79 Å². The Bertz CT molecular complexity index is 568. The van der Waals surface area contributed by atoms with Crippen molar-refractivity contribution >= 4 is 24.3 Å². The summed E-state index contributed by atoms with van der Waals surface area (Å²) in [5.74, 6) is -0.867. The van der Waals surface area contributed by atoms with Crippen LogP contribution in [0.15, 0.2) is 30.5 Å². The predicted molar refractivity (Wildman–Crippen MR) is 81.5 cm³/mol. The summed E-state index contributed by atoms with van der Waals surface area (Å²) < 4.78 is 0. The highest BCUT2D eigenvalue weighted by molar-refractivity contribution is 6.04. The summed E-state index contributed by atoms with van der Waals surface area (Å²) in [7, 11) is 0. The van der Waals surface area contributed by atoms with Gasteiger partial charge in [0, 0.05) is 38.3 Å². The molecule has 123 valence electrons. The van der Waals surface area contributed by atoms with Gasteiger partial charge in [0.05, 0.1) is 5.69 Å². The van der Waals surface area contributed by atoms with Crippen molar-refractivity contribution in [2.24, 2.45) is 5.73 Å². The second-order valence-electron chi connectivity index (χ2n) is 4.68. The van der Waals surface area contributed by atoms with Gasteiger partial charge in [0.2, 0.25) is 6.29 Å². The van der Waals surface area contributed by atoms with Crippen LogP contribution in [0.2, 0.25) is 0 Å². The molecule has 0 aliphatic heterocycles. The number of amides is 3. The minimum absolute atomic E-state index is 0.275. The monoisotopic (exact) mass is 320 g/mol. The standard InChI is InChI=1S/C15H18N3O5/c16-14(23)18(15(11-21,6-9-19)7-10-20)13(22)5-4-12-3-1-2-8-17-12/h1-5,8,19-20H,6-7,9-10H2,(H2,16,23). The van der Waals surface area contributed by atoms with E-state index in [2.05, 4.69) is 4.98 Å². The van der Waals surface area contributed by atoms with Crippen molar-refractivity contribution in [1.29, 1.82) is 0 Å². The first kappa shape index (κ1) is 18.5. The zero-order chi connectivity index (χ0) is 17.3. The van der Waals surface area contributed by atoms with E-state index in [0.29, 0.717) is 10.6 Å². The Balaban J connectivity index is 3.12. The topological polar surface area (TPSA) is 134 Å². The highest BCUT2D eigenvalue weighted by Crippen LogP contribution is 2.22. The number of hydrogen-bond acceptors (Lipinski definition) is 6. The third kappa shape index (κ3) is 4.70. The number of pyridine rings is 1. The zero-order valence-corrected chi connectivity index (χ0v) is 12.4. The van der Waals surface area contributed by atoms with Gasteiger partial charge in [0.15, 0.2) is 0 Å². The van der Waals surface area contributed by atoms with Crippen molar-refractivity contribution in [3.05, 3.63) is 36.2 Å². The van der Waals surface area contributed by atoms with E-state index in [4.69, 9.17) is 15.9 Å². The van der Waals surface area contributed by atoms with Crippen LogP contribution in [0.25, 0.3) is 6.08 Å². The molecular formula is C15H18N3O5. The fourth-order valence-corrected chi connectivity index (χ4v) is 2.10. The molecule has 1 aromatic rings. The molecule has 8 heteroatoms. The van der Waals surface area contributed by atoms with Gasteiger partial charge in [-0.1, -0.05) is 6.07 Å². The average molecular weight is 320 g/mol. The third-order valence-electron chi connectivity index (χ3n) is 3.19. The highest BCUT2D eigenvalue weighted by atomic mass is 16.3. The first-order valence-electron chi connectivity index (χ1n) is 6.84. The summed E-state index contributed by atoms with van der Waals surface area (Å²) >= 11 is 0. The molecule has 0 aliphatic rings. The molecule has 1 heterocycles. The summed E-state index contributed by atoms with van der Waals surface area (Å²) in [6.45, 7) is -0.980. The predicted octanol–water partition coefficient (Wildman–Crippen LogP) is -0.385. The van der Waals surface area contributed by atoms with Gasteiger partial charge in [0.25, 0.3) is 5.91 Å². The molecule has 0 saturated heterocycles. The van der Waals surface area contributed by atoms with Crippen molar-refractivity contribution in [3.8, 4) is 0 Å². The molecule has 4 N–H and O–H groups in total. The molecule has 1 radical (unpaired) electrons. The van der Waals surface area contributed by atoms with Crippen molar-refractivity contribution in [1.82, 2.24) is 9.88 Å². The van der Waals surface area contributed by atoms with E-state index in [1.54, 1.807) is 24.5 Å². The number of carbonyl (C=O) groups excluding carboxylic acids is 3. The molecule has 0 bridgehead atoms. The second-order valence-corrected chi connectivity index (χ2v) is 4.68. The van der Waals surface area contributed by atoms with E-state index in [1.165, 1.54) is 12.3 Å². The maximum absolute atomic E-state index is 12.3. The summed E-state index contributed by atoms with van der Waals surface area (Å²) in [5.41, 5.74) is 3.85. The summed E-state index contributed by atoms with van der Waals surface area (Å²) in [4.78, 5) is 39.7. The smallest absolute Gasteiger partial charge is 0.322 e. The van der Waals surface area contributed by atoms with Gasteiger partial charge in [-0.05, 0) is 18.2 Å². The van der Waals surface area contributed by atoms with Gasteiger partial charge >= 0.3 is 6.03 Å². The first-order valence-corrected chi connectivity index (χ1v) is 6.84. The number of aromatic nitrogens is 1. The largest absolute Gasteiger partial charge is 0.396 e. The maximum Gasteiger partial charge on any atom is 0.322 e.